The van der Waals surface area contributed by atoms with Crippen LogP contribution in [-0.2, 0) is 24.2 Å². The molecule has 6 rings (SSSR count). The Morgan fingerprint density at radius 1 is 1.08 bits per heavy atom. The number of hydrogen-bond donors (Lipinski definition) is 1. The van der Waals surface area contributed by atoms with E-state index < -0.39 is 5.97 Å². The van der Waals surface area contributed by atoms with Gasteiger partial charge in [0.05, 0.1) is 48.4 Å². The molecular weight excluding hydrogens is 482 g/mol. The second-order valence-electron chi connectivity index (χ2n) is 10.2. The second-order valence-corrected chi connectivity index (χ2v) is 10.2. The Morgan fingerprint density at radius 3 is 2.63 bits per heavy atom. The lowest BCUT2D eigenvalue weighted by molar-refractivity contribution is -0.0592. The predicted octanol–water partition coefficient (Wildman–Crippen LogP) is 4.18. The van der Waals surface area contributed by atoms with Crippen molar-refractivity contribution in [1.82, 2.24) is 24.2 Å². The molecule has 0 spiro atoms. The number of piperidine rings is 1. The zero-order valence-corrected chi connectivity index (χ0v) is 21.4. The summed E-state index contributed by atoms with van der Waals surface area (Å²) >= 11 is 0. The van der Waals surface area contributed by atoms with Gasteiger partial charge in [-0.25, -0.2) is 9.78 Å². The van der Waals surface area contributed by atoms with Gasteiger partial charge in [-0.15, -0.1) is 5.10 Å². The standard InChI is InChI=1S/C29H33N5O4/c35-29(36)22-6-7-25-26(18-22)33(19-24-12-17-37-24)27(30-25)20-32-13-8-23(9-14-32)34-15-10-28(31-34)38-16-11-21-4-2-1-3-5-21/h1-7,10,15,18,23-24H,8-9,11-14,16-17,19-20H2,(H,35,36)/t24-/m0/s1. The van der Waals surface area contributed by atoms with Gasteiger partial charge >= 0.3 is 5.97 Å². The summed E-state index contributed by atoms with van der Waals surface area (Å²) in [5.74, 6) is 0.715. The summed E-state index contributed by atoms with van der Waals surface area (Å²) in [6, 6.07) is 17.8. The lowest BCUT2D eigenvalue weighted by Crippen LogP contribution is -2.36. The molecule has 0 saturated carbocycles. The first-order valence-electron chi connectivity index (χ1n) is 13.4. The molecule has 0 radical (unpaired) electrons. The number of imidazole rings is 1. The average Bonchev–Trinajstić information content (AvgIpc) is 3.51. The van der Waals surface area contributed by atoms with E-state index in [-0.39, 0.29) is 11.7 Å². The number of ether oxygens (including phenoxy) is 2. The number of nitrogens with zero attached hydrogens (tertiary/aromatic N) is 5. The zero-order valence-electron chi connectivity index (χ0n) is 21.4. The van der Waals surface area contributed by atoms with E-state index in [0.717, 1.165) is 68.8 Å². The third-order valence-electron chi connectivity index (χ3n) is 7.62. The summed E-state index contributed by atoms with van der Waals surface area (Å²) in [6.07, 6.45) is 6.07. The number of hydrogen-bond acceptors (Lipinski definition) is 6. The number of likely N-dealkylation sites (tertiary alicyclic amines) is 1. The Hall–Kier alpha value is -3.69. The van der Waals surface area contributed by atoms with Crippen LogP contribution in [0.15, 0.2) is 60.8 Å². The van der Waals surface area contributed by atoms with E-state index in [4.69, 9.17) is 14.5 Å². The van der Waals surface area contributed by atoms with Gasteiger partial charge in [0.1, 0.15) is 5.82 Å². The summed E-state index contributed by atoms with van der Waals surface area (Å²) in [7, 11) is 0. The van der Waals surface area contributed by atoms with Crippen LogP contribution in [0.1, 0.15) is 47.1 Å². The molecule has 38 heavy (non-hydrogen) atoms. The Kier molecular flexibility index (Phi) is 7.11. The number of fused-ring (bicyclic) bond motifs is 1. The van der Waals surface area contributed by atoms with Crippen LogP contribution in [0.4, 0.5) is 0 Å². The van der Waals surface area contributed by atoms with Crippen LogP contribution in [0.2, 0.25) is 0 Å². The molecule has 0 aliphatic carbocycles. The molecule has 2 aromatic carbocycles. The fraction of sp³-hybridized carbons (Fsp3) is 0.414. The molecule has 9 heteroatoms. The maximum atomic E-state index is 11.6. The monoisotopic (exact) mass is 515 g/mol. The van der Waals surface area contributed by atoms with E-state index in [1.807, 2.05) is 41.2 Å². The third-order valence-corrected chi connectivity index (χ3v) is 7.62. The fourth-order valence-electron chi connectivity index (χ4n) is 5.32. The van der Waals surface area contributed by atoms with E-state index in [9.17, 15) is 9.90 Å². The lowest BCUT2D eigenvalue weighted by atomic mass is 10.1. The van der Waals surface area contributed by atoms with Crippen LogP contribution in [0.5, 0.6) is 5.88 Å². The normalized spacial score (nSPS) is 18.5. The molecule has 2 aliphatic heterocycles. The first kappa shape index (κ1) is 24.6. The summed E-state index contributed by atoms with van der Waals surface area (Å²) in [6.45, 7) is 4.71. The van der Waals surface area contributed by atoms with Crippen molar-refractivity contribution in [2.45, 2.75) is 50.9 Å². The van der Waals surface area contributed by atoms with Crippen LogP contribution in [0.3, 0.4) is 0 Å². The van der Waals surface area contributed by atoms with Crippen molar-refractivity contribution < 1.29 is 19.4 Å². The molecule has 0 amide bonds. The number of carboxylic acid groups (broad SMARTS) is 1. The quantitative estimate of drug-likeness (QED) is 0.339. The van der Waals surface area contributed by atoms with E-state index in [2.05, 4.69) is 26.7 Å². The SMILES string of the molecule is O=C(O)c1ccc2nc(CN3CCC(n4ccc(OCCc5ccccc5)n4)CC3)n(C[C@@H]3CCO3)c2c1. The summed E-state index contributed by atoms with van der Waals surface area (Å²) in [5.41, 5.74) is 3.23. The van der Waals surface area contributed by atoms with E-state index in [0.29, 0.717) is 25.1 Å². The molecule has 1 atom stereocenters. The molecule has 4 heterocycles. The molecule has 0 bridgehead atoms. The molecule has 198 valence electrons. The van der Waals surface area contributed by atoms with Crippen molar-refractivity contribution >= 4 is 17.0 Å². The topological polar surface area (TPSA) is 94.6 Å². The lowest BCUT2D eigenvalue weighted by Gasteiger charge is -2.32. The predicted molar refractivity (Wildman–Crippen MR) is 142 cm³/mol. The van der Waals surface area contributed by atoms with Crippen molar-refractivity contribution in [3.8, 4) is 5.88 Å². The molecule has 2 aliphatic rings. The number of aromatic carboxylic acids is 1. The summed E-state index contributed by atoms with van der Waals surface area (Å²) < 4.78 is 15.8. The van der Waals surface area contributed by atoms with Crippen LogP contribution >= 0.6 is 0 Å². The Bertz CT molecular complexity index is 1390. The third kappa shape index (κ3) is 5.44. The number of rotatable bonds is 10. The van der Waals surface area contributed by atoms with E-state index in [1.54, 1.807) is 12.1 Å². The number of carbonyl (C=O) groups is 1. The van der Waals surface area contributed by atoms with Crippen molar-refractivity contribution in [2.24, 2.45) is 0 Å². The zero-order chi connectivity index (χ0) is 25.9. The van der Waals surface area contributed by atoms with Gasteiger partial charge in [-0.05, 0) is 43.0 Å². The number of benzene rings is 2. The van der Waals surface area contributed by atoms with E-state index >= 15 is 0 Å². The molecule has 4 aromatic rings. The van der Waals surface area contributed by atoms with Gasteiger partial charge in [0, 0.05) is 38.4 Å². The molecule has 9 nitrogen and oxygen atoms in total. The maximum absolute atomic E-state index is 11.6. The van der Waals surface area contributed by atoms with Crippen molar-refractivity contribution in [3.63, 3.8) is 0 Å². The van der Waals surface area contributed by atoms with Crippen LogP contribution in [-0.4, -0.2) is 67.7 Å². The van der Waals surface area contributed by atoms with E-state index in [1.165, 1.54) is 5.56 Å². The highest BCUT2D eigenvalue weighted by Gasteiger charge is 2.26. The second kappa shape index (κ2) is 11.0. The first-order valence-corrected chi connectivity index (χ1v) is 13.4. The molecule has 0 unspecified atom stereocenters. The van der Waals surface area contributed by atoms with Crippen LogP contribution < -0.4 is 4.74 Å². The number of aromatic nitrogens is 4. The largest absolute Gasteiger partial charge is 0.478 e. The van der Waals surface area contributed by atoms with Crippen molar-refractivity contribution in [2.75, 3.05) is 26.3 Å². The van der Waals surface area contributed by atoms with Crippen LogP contribution in [0, 0.1) is 0 Å². The van der Waals surface area contributed by atoms with Gasteiger partial charge < -0.3 is 19.1 Å². The van der Waals surface area contributed by atoms with Gasteiger partial charge in [0.15, 0.2) is 0 Å². The molecule has 2 fully saturated rings. The van der Waals surface area contributed by atoms with Crippen molar-refractivity contribution in [1.29, 1.82) is 0 Å². The average molecular weight is 516 g/mol. The Balaban J connectivity index is 1.07. The highest BCUT2D eigenvalue weighted by atomic mass is 16.5. The van der Waals surface area contributed by atoms with Crippen LogP contribution in [0.25, 0.3) is 11.0 Å². The van der Waals surface area contributed by atoms with Gasteiger partial charge in [0.25, 0.3) is 0 Å². The first-order chi connectivity index (χ1) is 18.6. The number of carboxylic acids is 1. The smallest absolute Gasteiger partial charge is 0.335 e. The molecule has 2 saturated heterocycles. The van der Waals surface area contributed by atoms with Gasteiger partial charge in [-0.1, -0.05) is 30.3 Å². The minimum Gasteiger partial charge on any atom is -0.478 e. The van der Waals surface area contributed by atoms with Crippen molar-refractivity contribution in [3.05, 3.63) is 77.7 Å². The summed E-state index contributed by atoms with van der Waals surface area (Å²) in [5, 5.41) is 14.2. The fourth-order valence-corrected chi connectivity index (χ4v) is 5.32. The molecule has 1 N–H and O–H groups in total. The summed E-state index contributed by atoms with van der Waals surface area (Å²) in [4.78, 5) is 18.9. The Morgan fingerprint density at radius 2 is 1.89 bits per heavy atom. The maximum Gasteiger partial charge on any atom is 0.335 e. The van der Waals surface area contributed by atoms with Gasteiger partial charge in [0.2, 0.25) is 5.88 Å². The van der Waals surface area contributed by atoms with Gasteiger partial charge in [-0.2, -0.15) is 0 Å². The molecule has 2 aromatic heterocycles. The molecular formula is C29H33N5O4. The highest BCUT2D eigenvalue weighted by Crippen LogP contribution is 2.27. The minimum atomic E-state index is -0.925. The highest BCUT2D eigenvalue weighted by molar-refractivity contribution is 5.92. The minimum absolute atomic E-state index is 0.161. The van der Waals surface area contributed by atoms with Gasteiger partial charge in [-0.3, -0.25) is 9.58 Å². The Labute approximate surface area is 221 Å².